The Bertz CT molecular complexity index is 1120. The van der Waals surface area contributed by atoms with Crippen molar-refractivity contribution in [2.45, 2.75) is 34.1 Å². The topological polar surface area (TPSA) is 57.6 Å². The fourth-order valence-electron chi connectivity index (χ4n) is 3.57. The van der Waals surface area contributed by atoms with Crippen molar-refractivity contribution in [1.29, 1.82) is 0 Å². The smallest absolute Gasteiger partial charge is 0.198 e. The summed E-state index contributed by atoms with van der Waals surface area (Å²) in [6, 6.07) is 12.1. The Morgan fingerprint density at radius 1 is 1.24 bits per heavy atom. The summed E-state index contributed by atoms with van der Waals surface area (Å²) in [7, 11) is 1.68. The summed E-state index contributed by atoms with van der Waals surface area (Å²) in [6.45, 7) is 8.05. The molecule has 0 spiro atoms. The number of fused-ring (bicyclic) bond motifs is 1. The van der Waals surface area contributed by atoms with Gasteiger partial charge in [-0.05, 0) is 62.6 Å². The SMILES string of the molecule is C/C=C(\C=C/CC)N=C(C)c1c(O)[nH]c2ccc(-c3c(C)cccc3OC)cc12. The summed E-state index contributed by atoms with van der Waals surface area (Å²) in [5.41, 5.74) is 6.45. The minimum absolute atomic E-state index is 0.130. The molecule has 1 heterocycles. The van der Waals surface area contributed by atoms with E-state index in [9.17, 15) is 5.11 Å². The molecule has 1 aromatic heterocycles. The highest BCUT2D eigenvalue weighted by Gasteiger charge is 2.16. The van der Waals surface area contributed by atoms with Crippen LogP contribution in [0.2, 0.25) is 0 Å². The van der Waals surface area contributed by atoms with E-state index in [1.54, 1.807) is 7.11 Å². The Hall–Kier alpha value is -3.27. The van der Waals surface area contributed by atoms with Crippen LogP contribution in [0.3, 0.4) is 0 Å². The van der Waals surface area contributed by atoms with Gasteiger partial charge in [0.15, 0.2) is 5.88 Å². The van der Waals surface area contributed by atoms with Crippen LogP contribution in [0.4, 0.5) is 0 Å². The van der Waals surface area contributed by atoms with Gasteiger partial charge in [0.1, 0.15) is 5.75 Å². The second-order valence-electron chi connectivity index (χ2n) is 6.98. The van der Waals surface area contributed by atoms with Gasteiger partial charge < -0.3 is 14.8 Å². The zero-order valence-electron chi connectivity index (χ0n) is 17.7. The molecule has 0 aliphatic heterocycles. The van der Waals surface area contributed by atoms with E-state index in [-0.39, 0.29) is 5.88 Å². The molecular formula is C25H28N2O2. The van der Waals surface area contributed by atoms with Crippen molar-refractivity contribution in [2.24, 2.45) is 4.99 Å². The van der Waals surface area contributed by atoms with Crippen LogP contribution in [-0.2, 0) is 0 Å². The highest BCUT2D eigenvalue weighted by molar-refractivity contribution is 6.13. The van der Waals surface area contributed by atoms with Crippen LogP contribution in [0.15, 0.2) is 65.3 Å². The maximum absolute atomic E-state index is 10.6. The molecule has 150 valence electrons. The molecule has 0 aliphatic carbocycles. The van der Waals surface area contributed by atoms with Crippen LogP contribution < -0.4 is 4.74 Å². The quantitative estimate of drug-likeness (QED) is 0.372. The monoisotopic (exact) mass is 388 g/mol. The first-order valence-electron chi connectivity index (χ1n) is 9.87. The number of aromatic hydroxyl groups is 1. The standard InChI is InChI=1S/C25H28N2O2/c1-6-8-11-19(7-2)26-17(4)24-20-15-18(13-14-21(20)27-25(24)28)23-16(3)10-9-12-22(23)29-5/h7-15,27-28H,6H2,1-5H3/b11-8-,19-7+,26-17?. The third-order valence-corrected chi connectivity index (χ3v) is 5.00. The molecule has 0 fully saturated rings. The molecule has 4 nitrogen and oxygen atoms in total. The van der Waals surface area contributed by atoms with E-state index >= 15 is 0 Å². The summed E-state index contributed by atoms with van der Waals surface area (Å²) in [5.74, 6) is 0.960. The summed E-state index contributed by atoms with van der Waals surface area (Å²) in [4.78, 5) is 7.80. The van der Waals surface area contributed by atoms with Crippen LogP contribution in [0.5, 0.6) is 11.6 Å². The average Bonchev–Trinajstić information content (AvgIpc) is 3.05. The van der Waals surface area contributed by atoms with Crippen LogP contribution in [0.25, 0.3) is 22.0 Å². The number of allylic oxidation sites excluding steroid dienone is 3. The van der Waals surface area contributed by atoms with Gasteiger partial charge in [0.25, 0.3) is 0 Å². The summed E-state index contributed by atoms with van der Waals surface area (Å²) >= 11 is 0. The van der Waals surface area contributed by atoms with Gasteiger partial charge >= 0.3 is 0 Å². The molecular weight excluding hydrogens is 360 g/mol. The predicted octanol–water partition coefficient (Wildman–Crippen LogP) is 6.54. The van der Waals surface area contributed by atoms with E-state index in [4.69, 9.17) is 9.73 Å². The van der Waals surface area contributed by atoms with E-state index in [1.165, 1.54) is 0 Å². The number of rotatable bonds is 6. The Morgan fingerprint density at radius 3 is 2.72 bits per heavy atom. The minimum Gasteiger partial charge on any atom is -0.496 e. The van der Waals surface area contributed by atoms with Crippen LogP contribution in [0, 0.1) is 6.92 Å². The maximum Gasteiger partial charge on any atom is 0.198 e. The molecule has 3 rings (SSSR count). The molecule has 0 aliphatic rings. The number of nitrogens with one attached hydrogen (secondary N) is 1. The van der Waals surface area contributed by atoms with Crippen LogP contribution in [-0.4, -0.2) is 22.9 Å². The first-order chi connectivity index (χ1) is 14.0. The van der Waals surface area contributed by atoms with Gasteiger partial charge in [-0.1, -0.05) is 37.3 Å². The first-order valence-corrected chi connectivity index (χ1v) is 9.87. The van der Waals surface area contributed by atoms with Gasteiger partial charge in [-0.15, -0.1) is 0 Å². The number of benzene rings is 2. The molecule has 0 saturated carbocycles. The third-order valence-electron chi connectivity index (χ3n) is 5.00. The lowest BCUT2D eigenvalue weighted by molar-refractivity contribution is 0.416. The number of hydrogen-bond acceptors (Lipinski definition) is 3. The van der Waals surface area contributed by atoms with E-state index in [0.29, 0.717) is 0 Å². The zero-order valence-corrected chi connectivity index (χ0v) is 17.7. The predicted molar refractivity (Wildman–Crippen MR) is 122 cm³/mol. The second kappa shape index (κ2) is 8.82. The number of nitrogens with zero attached hydrogens (tertiary/aromatic N) is 1. The Kier molecular flexibility index (Phi) is 6.23. The number of aromatic nitrogens is 1. The van der Waals surface area contributed by atoms with Gasteiger partial charge in [0, 0.05) is 16.5 Å². The van der Waals surface area contributed by atoms with Crippen molar-refractivity contribution in [3.8, 4) is 22.8 Å². The molecule has 0 saturated heterocycles. The molecule has 0 unspecified atom stereocenters. The molecule has 0 radical (unpaired) electrons. The first kappa shape index (κ1) is 20.5. The Labute approximate surface area is 172 Å². The number of hydrogen-bond donors (Lipinski definition) is 2. The highest BCUT2D eigenvalue weighted by atomic mass is 16.5. The van der Waals surface area contributed by atoms with E-state index in [0.717, 1.165) is 56.7 Å². The number of aromatic amines is 1. The van der Waals surface area contributed by atoms with Gasteiger partial charge in [-0.2, -0.15) is 0 Å². The van der Waals surface area contributed by atoms with Crippen molar-refractivity contribution in [3.63, 3.8) is 0 Å². The van der Waals surface area contributed by atoms with E-state index in [2.05, 4.69) is 37.0 Å². The van der Waals surface area contributed by atoms with Crippen molar-refractivity contribution in [1.82, 2.24) is 4.98 Å². The van der Waals surface area contributed by atoms with Crippen molar-refractivity contribution < 1.29 is 9.84 Å². The number of methoxy groups -OCH3 is 1. The molecule has 2 aromatic carbocycles. The molecule has 0 bridgehead atoms. The number of aliphatic imine (C=N–C) groups is 1. The average molecular weight is 389 g/mol. The lowest BCUT2D eigenvalue weighted by atomic mass is 9.97. The molecule has 3 aromatic rings. The number of ether oxygens (including phenoxy) is 1. The molecule has 4 heteroatoms. The van der Waals surface area contributed by atoms with Crippen molar-refractivity contribution >= 4 is 16.6 Å². The van der Waals surface area contributed by atoms with Gasteiger partial charge in [0.2, 0.25) is 0 Å². The maximum atomic E-state index is 10.6. The van der Waals surface area contributed by atoms with Crippen molar-refractivity contribution in [3.05, 3.63) is 71.5 Å². The van der Waals surface area contributed by atoms with Crippen LogP contribution >= 0.6 is 0 Å². The molecule has 2 N–H and O–H groups in total. The van der Waals surface area contributed by atoms with E-state index in [1.807, 2.05) is 50.3 Å². The fourth-order valence-corrected chi connectivity index (χ4v) is 3.57. The Balaban J connectivity index is 2.17. The molecule has 29 heavy (non-hydrogen) atoms. The third kappa shape index (κ3) is 4.11. The summed E-state index contributed by atoms with van der Waals surface area (Å²) in [5, 5.41) is 11.5. The summed E-state index contributed by atoms with van der Waals surface area (Å²) < 4.78 is 5.58. The van der Waals surface area contributed by atoms with Gasteiger partial charge in [0.05, 0.1) is 24.1 Å². The minimum atomic E-state index is 0.130. The van der Waals surface area contributed by atoms with Gasteiger partial charge in [-0.3, -0.25) is 4.99 Å². The fraction of sp³-hybridized carbons (Fsp3) is 0.240. The Morgan fingerprint density at radius 2 is 2.03 bits per heavy atom. The number of H-pyrrole nitrogens is 1. The van der Waals surface area contributed by atoms with Crippen LogP contribution in [0.1, 0.15) is 38.3 Å². The van der Waals surface area contributed by atoms with Crippen molar-refractivity contribution in [2.75, 3.05) is 7.11 Å². The number of aryl methyl sites for hydroxylation is 1. The lowest BCUT2D eigenvalue weighted by Gasteiger charge is -2.12. The second-order valence-corrected chi connectivity index (χ2v) is 6.98. The molecule has 0 amide bonds. The molecule has 0 atom stereocenters. The zero-order chi connectivity index (χ0) is 21.0. The normalized spacial score (nSPS) is 12.9. The largest absolute Gasteiger partial charge is 0.496 e. The summed E-state index contributed by atoms with van der Waals surface area (Å²) in [6.07, 6.45) is 6.99. The van der Waals surface area contributed by atoms with Gasteiger partial charge in [-0.25, -0.2) is 0 Å². The van der Waals surface area contributed by atoms with E-state index < -0.39 is 0 Å². The highest BCUT2D eigenvalue weighted by Crippen LogP contribution is 2.37. The lowest BCUT2D eigenvalue weighted by Crippen LogP contribution is -1.95.